The van der Waals surface area contributed by atoms with Crippen molar-refractivity contribution in [2.45, 2.75) is 13.8 Å². The molecule has 0 bridgehead atoms. The van der Waals surface area contributed by atoms with Gasteiger partial charge >= 0.3 is 0 Å². The summed E-state index contributed by atoms with van der Waals surface area (Å²) in [6.07, 6.45) is 0. The number of rotatable bonds is 9. The Hall–Kier alpha value is -8.15. The lowest BCUT2D eigenvalue weighted by atomic mass is 9.86. The van der Waals surface area contributed by atoms with E-state index in [1.807, 2.05) is 72.8 Å². The minimum Gasteiger partial charge on any atom is -0.258 e. The maximum Gasteiger partial charge on any atom is 0.160 e. The molecule has 3 heterocycles. The highest BCUT2D eigenvalue weighted by Gasteiger charge is 2.18. The highest BCUT2D eigenvalue weighted by Crippen LogP contribution is 2.42. The molecule has 10 aromatic rings. The molecule has 0 fully saturated rings. The molecule has 5 heteroatoms. The molecule has 3 aromatic heterocycles. The minimum absolute atomic E-state index is 0.688. The van der Waals surface area contributed by atoms with E-state index in [4.69, 9.17) is 24.9 Å². The summed E-state index contributed by atoms with van der Waals surface area (Å²) >= 11 is 0. The first-order chi connectivity index (χ1) is 30.5. The molecule has 0 saturated heterocycles. The Bertz CT molecular complexity index is 2860. The fourth-order valence-electron chi connectivity index (χ4n) is 8.15. The summed E-state index contributed by atoms with van der Waals surface area (Å²) < 4.78 is 0. The summed E-state index contributed by atoms with van der Waals surface area (Å²) in [5.74, 6) is 1.38. The molecule has 0 saturated carbocycles. The van der Waals surface area contributed by atoms with Crippen LogP contribution in [0.15, 0.2) is 212 Å². The first-order valence-electron chi connectivity index (χ1n) is 20.8. The lowest BCUT2D eigenvalue weighted by Crippen LogP contribution is -1.97. The van der Waals surface area contributed by atoms with Crippen molar-refractivity contribution in [2.75, 3.05) is 0 Å². The molecule has 62 heavy (non-hydrogen) atoms. The van der Waals surface area contributed by atoms with Gasteiger partial charge in [-0.15, -0.1) is 0 Å². The predicted octanol–water partition coefficient (Wildman–Crippen LogP) is 14.3. The zero-order valence-corrected chi connectivity index (χ0v) is 34.4. The van der Waals surface area contributed by atoms with Gasteiger partial charge in [-0.2, -0.15) is 0 Å². The fourth-order valence-corrected chi connectivity index (χ4v) is 8.15. The summed E-state index contributed by atoms with van der Waals surface area (Å²) in [5, 5.41) is 0. The van der Waals surface area contributed by atoms with Gasteiger partial charge in [-0.25, -0.2) is 19.9 Å². The second kappa shape index (κ2) is 16.8. The zero-order chi connectivity index (χ0) is 41.8. The summed E-state index contributed by atoms with van der Waals surface area (Å²) in [6, 6.07) is 73.6. The maximum absolute atomic E-state index is 5.16. The maximum atomic E-state index is 5.16. The largest absolute Gasteiger partial charge is 0.258 e. The van der Waals surface area contributed by atoms with Crippen LogP contribution < -0.4 is 0 Å². The van der Waals surface area contributed by atoms with Crippen LogP contribution in [-0.4, -0.2) is 24.9 Å². The Morgan fingerprint density at radius 2 is 0.565 bits per heavy atom. The van der Waals surface area contributed by atoms with Crippen LogP contribution in [0.25, 0.3) is 101 Å². The van der Waals surface area contributed by atoms with Gasteiger partial charge in [-0.05, 0) is 83.6 Å². The molecule has 0 unspecified atom stereocenters. The van der Waals surface area contributed by atoms with Crippen LogP contribution >= 0.6 is 0 Å². The molecule has 0 aliphatic rings. The quantitative estimate of drug-likeness (QED) is 0.146. The highest BCUT2D eigenvalue weighted by atomic mass is 14.9. The standard InChI is InChI=1S/C57H41N5/c1-38-32-48(33-39(2)58-38)55-49(44-26-15-28-46(34-44)53-36-51(40-18-7-3-8-19-40)59-56(61-53)42-22-11-5-12-23-42)30-17-31-50(55)45-27-16-29-47(35-45)54-37-52(41-20-9-4-10-21-41)60-57(62-54)43-24-13-6-14-25-43/h3-37H,1-2H3. The Kier molecular flexibility index (Phi) is 10.3. The normalized spacial score (nSPS) is 11.1. The van der Waals surface area contributed by atoms with Gasteiger partial charge in [0.2, 0.25) is 0 Å². The van der Waals surface area contributed by atoms with E-state index in [0.717, 1.165) is 101 Å². The number of aryl methyl sites for hydroxylation is 2. The average Bonchev–Trinajstić information content (AvgIpc) is 3.34. The van der Waals surface area contributed by atoms with Gasteiger partial charge in [0.1, 0.15) is 0 Å². The molecule has 0 spiro atoms. The van der Waals surface area contributed by atoms with Crippen LogP contribution in [0.2, 0.25) is 0 Å². The molecule has 0 amide bonds. The third-order valence-electron chi connectivity index (χ3n) is 11.0. The zero-order valence-electron chi connectivity index (χ0n) is 34.4. The van der Waals surface area contributed by atoms with Crippen LogP contribution in [0.4, 0.5) is 0 Å². The van der Waals surface area contributed by atoms with Gasteiger partial charge in [0.15, 0.2) is 11.6 Å². The molecule has 294 valence electrons. The van der Waals surface area contributed by atoms with Crippen molar-refractivity contribution in [3.63, 3.8) is 0 Å². The van der Waals surface area contributed by atoms with E-state index in [1.165, 1.54) is 0 Å². The van der Waals surface area contributed by atoms with Crippen LogP contribution in [0.3, 0.4) is 0 Å². The van der Waals surface area contributed by atoms with Crippen molar-refractivity contribution < 1.29 is 0 Å². The van der Waals surface area contributed by atoms with Gasteiger partial charge in [0.25, 0.3) is 0 Å². The van der Waals surface area contributed by atoms with E-state index in [-0.39, 0.29) is 0 Å². The second-order valence-corrected chi connectivity index (χ2v) is 15.4. The first-order valence-corrected chi connectivity index (χ1v) is 20.8. The third-order valence-corrected chi connectivity index (χ3v) is 11.0. The van der Waals surface area contributed by atoms with Gasteiger partial charge in [-0.1, -0.05) is 176 Å². The molecule has 0 radical (unpaired) electrons. The SMILES string of the molecule is Cc1cc(-c2c(-c3cccc(-c4cc(-c5ccccc5)nc(-c5ccccc5)n4)c3)cccc2-c2cccc(-c3cc(-c4ccccc4)nc(-c4ccccc4)n3)c2)cc(C)n1. The van der Waals surface area contributed by atoms with Crippen molar-refractivity contribution >= 4 is 0 Å². The number of pyridine rings is 1. The lowest BCUT2D eigenvalue weighted by molar-refractivity contribution is 1.12. The topological polar surface area (TPSA) is 64.5 Å². The minimum atomic E-state index is 0.688. The van der Waals surface area contributed by atoms with Crippen LogP contribution in [0.5, 0.6) is 0 Å². The van der Waals surface area contributed by atoms with Gasteiger partial charge < -0.3 is 0 Å². The van der Waals surface area contributed by atoms with Crippen LogP contribution in [0.1, 0.15) is 11.4 Å². The molecule has 0 aliphatic heterocycles. The van der Waals surface area contributed by atoms with E-state index < -0.39 is 0 Å². The average molecular weight is 796 g/mol. The van der Waals surface area contributed by atoms with E-state index >= 15 is 0 Å². The number of nitrogens with zero attached hydrogens (tertiary/aromatic N) is 5. The number of aromatic nitrogens is 5. The Morgan fingerprint density at radius 3 is 0.968 bits per heavy atom. The smallest absolute Gasteiger partial charge is 0.160 e. The van der Waals surface area contributed by atoms with Gasteiger partial charge in [0, 0.05) is 44.8 Å². The summed E-state index contributed by atoms with van der Waals surface area (Å²) in [7, 11) is 0. The number of hydrogen-bond acceptors (Lipinski definition) is 5. The number of hydrogen-bond donors (Lipinski definition) is 0. The second-order valence-electron chi connectivity index (χ2n) is 15.4. The molecule has 0 N–H and O–H groups in total. The van der Waals surface area contributed by atoms with E-state index in [9.17, 15) is 0 Å². The van der Waals surface area contributed by atoms with Crippen molar-refractivity contribution in [1.29, 1.82) is 0 Å². The Balaban J connectivity index is 1.13. The van der Waals surface area contributed by atoms with Crippen molar-refractivity contribution in [1.82, 2.24) is 24.9 Å². The highest BCUT2D eigenvalue weighted by molar-refractivity contribution is 5.96. The van der Waals surface area contributed by atoms with Crippen molar-refractivity contribution in [2.24, 2.45) is 0 Å². The predicted molar refractivity (Wildman–Crippen MR) is 254 cm³/mol. The summed E-state index contributed by atoms with van der Waals surface area (Å²) in [6.45, 7) is 4.13. The van der Waals surface area contributed by atoms with Crippen molar-refractivity contribution in [3.8, 4) is 101 Å². The third kappa shape index (κ3) is 7.95. The first kappa shape index (κ1) is 38.1. The summed E-state index contributed by atoms with van der Waals surface area (Å²) in [5.41, 5.74) is 18.1. The Morgan fingerprint density at radius 1 is 0.242 bits per heavy atom. The van der Waals surface area contributed by atoms with E-state index in [0.29, 0.717) is 11.6 Å². The summed E-state index contributed by atoms with van der Waals surface area (Å²) in [4.78, 5) is 25.2. The van der Waals surface area contributed by atoms with Gasteiger partial charge in [-0.3, -0.25) is 4.98 Å². The van der Waals surface area contributed by atoms with Crippen LogP contribution in [0, 0.1) is 13.8 Å². The van der Waals surface area contributed by atoms with E-state index in [2.05, 4.69) is 153 Å². The molecule has 0 aliphatic carbocycles. The lowest BCUT2D eigenvalue weighted by Gasteiger charge is -2.18. The molecular weight excluding hydrogens is 755 g/mol. The van der Waals surface area contributed by atoms with Gasteiger partial charge in [0.05, 0.1) is 22.8 Å². The fraction of sp³-hybridized carbons (Fsp3) is 0.0351. The molecule has 5 nitrogen and oxygen atoms in total. The molecule has 7 aromatic carbocycles. The monoisotopic (exact) mass is 795 g/mol. The molecule has 0 atom stereocenters. The molecular formula is C57H41N5. The Labute approximate surface area is 362 Å². The number of benzene rings is 7. The van der Waals surface area contributed by atoms with Crippen molar-refractivity contribution in [3.05, 3.63) is 224 Å². The van der Waals surface area contributed by atoms with Crippen LogP contribution in [-0.2, 0) is 0 Å². The molecule has 10 rings (SSSR count). The van der Waals surface area contributed by atoms with E-state index in [1.54, 1.807) is 0 Å².